The largest absolute Gasteiger partial charge is 0.496 e. The second-order valence-electron chi connectivity index (χ2n) is 7.55. The lowest BCUT2D eigenvalue weighted by Gasteiger charge is -2.35. The van der Waals surface area contributed by atoms with Gasteiger partial charge in [-0.05, 0) is 24.5 Å². The molecule has 1 aliphatic carbocycles. The van der Waals surface area contributed by atoms with Gasteiger partial charge in [0.15, 0.2) is 5.78 Å². The maximum atomic E-state index is 13.4. The summed E-state index contributed by atoms with van der Waals surface area (Å²) in [4.78, 5) is 26.3. The molecule has 1 heterocycles. The second kappa shape index (κ2) is 8.68. The molecule has 0 radical (unpaired) electrons. The van der Waals surface area contributed by atoms with Crippen LogP contribution in [0.4, 0.5) is 0 Å². The monoisotopic (exact) mass is 419 g/mol. The zero-order valence-corrected chi connectivity index (χ0v) is 17.6. The first-order chi connectivity index (χ1) is 15.0. The van der Waals surface area contributed by atoms with Crippen LogP contribution >= 0.6 is 0 Å². The van der Waals surface area contributed by atoms with Crippen molar-refractivity contribution in [2.24, 2.45) is 5.73 Å². The zero-order valence-electron chi connectivity index (χ0n) is 17.6. The summed E-state index contributed by atoms with van der Waals surface area (Å²) < 4.78 is 16.7. The van der Waals surface area contributed by atoms with E-state index in [1.165, 1.54) is 0 Å². The van der Waals surface area contributed by atoms with Crippen LogP contribution in [0.15, 0.2) is 77.4 Å². The van der Waals surface area contributed by atoms with Crippen LogP contribution in [0, 0.1) is 0 Å². The summed E-state index contributed by atoms with van der Waals surface area (Å²) in [5.41, 5.74) is 8.57. The van der Waals surface area contributed by atoms with Gasteiger partial charge in [0.1, 0.15) is 17.1 Å². The van der Waals surface area contributed by atoms with Gasteiger partial charge in [-0.15, -0.1) is 0 Å². The zero-order chi connectivity index (χ0) is 22.0. The summed E-state index contributed by atoms with van der Waals surface area (Å²) in [6.07, 6.45) is 0.849. The normalized spacial score (nSPS) is 20.8. The molecule has 0 aromatic heterocycles. The van der Waals surface area contributed by atoms with Crippen LogP contribution in [0.2, 0.25) is 0 Å². The Labute approximate surface area is 181 Å². The van der Waals surface area contributed by atoms with Crippen LogP contribution in [0.3, 0.4) is 0 Å². The Bertz CT molecular complexity index is 1070. The molecule has 2 atom stereocenters. The molecule has 0 unspecified atom stereocenters. The van der Waals surface area contributed by atoms with E-state index in [1.54, 1.807) is 20.1 Å². The molecule has 2 aliphatic rings. The van der Waals surface area contributed by atoms with Crippen molar-refractivity contribution in [3.8, 4) is 5.75 Å². The lowest BCUT2D eigenvalue weighted by Crippen LogP contribution is -2.33. The van der Waals surface area contributed by atoms with Gasteiger partial charge in [-0.3, -0.25) is 4.79 Å². The summed E-state index contributed by atoms with van der Waals surface area (Å²) in [5.74, 6) is -0.346. The Morgan fingerprint density at radius 2 is 1.81 bits per heavy atom. The van der Waals surface area contributed by atoms with Gasteiger partial charge in [0.2, 0.25) is 5.88 Å². The number of benzene rings is 2. The van der Waals surface area contributed by atoms with E-state index in [2.05, 4.69) is 0 Å². The highest BCUT2D eigenvalue weighted by molar-refractivity contribution is 6.04. The third-order valence-electron chi connectivity index (χ3n) is 5.76. The minimum Gasteiger partial charge on any atom is -0.496 e. The van der Waals surface area contributed by atoms with Crippen molar-refractivity contribution < 1.29 is 23.8 Å². The van der Waals surface area contributed by atoms with E-state index in [4.69, 9.17) is 19.9 Å². The van der Waals surface area contributed by atoms with Crippen LogP contribution in [0.1, 0.15) is 42.7 Å². The van der Waals surface area contributed by atoms with Crippen molar-refractivity contribution in [1.82, 2.24) is 0 Å². The molecule has 0 saturated heterocycles. The van der Waals surface area contributed by atoms with Crippen molar-refractivity contribution in [3.05, 3.63) is 88.5 Å². The van der Waals surface area contributed by atoms with Crippen LogP contribution in [-0.4, -0.2) is 25.5 Å². The molecule has 0 bridgehead atoms. The Hall–Kier alpha value is -3.54. The topological polar surface area (TPSA) is 87.9 Å². The van der Waals surface area contributed by atoms with Gasteiger partial charge in [0.25, 0.3) is 0 Å². The molecular formula is C25H25NO5. The van der Waals surface area contributed by atoms with E-state index in [1.807, 2.05) is 48.5 Å². The number of hydrogen-bond donors (Lipinski definition) is 1. The van der Waals surface area contributed by atoms with E-state index in [-0.39, 0.29) is 29.8 Å². The number of rotatable bonds is 5. The number of Topliss-reactive ketones (excluding diaryl/α,β-unsaturated/α-hetero) is 1. The minimum atomic E-state index is -0.705. The fourth-order valence-electron chi connectivity index (χ4n) is 4.39. The first kappa shape index (κ1) is 20.7. The third-order valence-corrected chi connectivity index (χ3v) is 5.76. The summed E-state index contributed by atoms with van der Waals surface area (Å²) in [7, 11) is 1.55. The summed E-state index contributed by atoms with van der Waals surface area (Å²) >= 11 is 0. The third kappa shape index (κ3) is 3.81. The fourth-order valence-corrected chi connectivity index (χ4v) is 4.39. The smallest absolute Gasteiger partial charge is 0.340 e. The molecule has 6 heteroatoms. The Morgan fingerprint density at radius 1 is 1.10 bits per heavy atom. The number of ether oxygens (including phenoxy) is 3. The van der Waals surface area contributed by atoms with Crippen LogP contribution < -0.4 is 10.5 Å². The Balaban J connectivity index is 1.84. The number of allylic oxidation sites excluding steroid dienone is 2. The molecule has 0 fully saturated rings. The molecule has 2 N–H and O–H groups in total. The number of carbonyl (C=O) groups excluding carboxylic acids is 2. The quantitative estimate of drug-likeness (QED) is 0.739. The molecular weight excluding hydrogens is 394 g/mol. The maximum Gasteiger partial charge on any atom is 0.340 e. The average Bonchev–Trinajstić information content (AvgIpc) is 2.78. The molecule has 0 spiro atoms. The van der Waals surface area contributed by atoms with Gasteiger partial charge in [-0.2, -0.15) is 0 Å². The summed E-state index contributed by atoms with van der Waals surface area (Å²) in [6.45, 7) is 1.90. The fraction of sp³-hybridized carbons (Fsp3) is 0.280. The van der Waals surface area contributed by atoms with Gasteiger partial charge >= 0.3 is 5.97 Å². The maximum absolute atomic E-state index is 13.4. The molecule has 160 valence electrons. The first-order valence-corrected chi connectivity index (χ1v) is 10.3. The van der Waals surface area contributed by atoms with Crippen molar-refractivity contribution in [2.45, 2.75) is 31.6 Å². The predicted molar refractivity (Wildman–Crippen MR) is 115 cm³/mol. The van der Waals surface area contributed by atoms with E-state index >= 15 is 0 Å². The molecule has 2 aromatic rings. The highest BCUT2D eigenvalue weighted by atomic mass is 16.5. The van der Waals surface area contributed by atoms with E-state index in [0.29, 0.717) is 35.5 Å². The number of ketones is 1. The van der Waals surface area contributed by atoms with Crippen LogP contribution in [0.25, 0.3) is 0 Å². The summed E-state index contributed by atoms with van der Waals surface area (Å²) in [5, 5.41) is 0. The molecule has 0 amide bonds. The van der Waals surface area contributed by atoms with E-state index in [9.17, 15) is 9.59 Å². The molecule has 1 aliphatic heterocycles. The minimum absolute atomic E-state index is 0.0114. The Kier molecular flexibility index (Phi) is 5.80. The van der Waals surface area contributed by atoms with Gasteiger partial charge < -0.3 is 19.9 Å². The van der Waals surface area contributed by atoms with Crippen LogP contribution in [-0.2, 0) is 19.1 Å². The lowest BCUT2D eigenvalue weighted by atomic mass is 9.73. The first-order valence-electron chi connectivity index (χ1n) is 10.3. The number of methoxy groups -OCH3 is 1. The Morgan fingerprint density at radius 3 is 2.52 bits per heavy atom. The molecule has 4 rings (SSSR count). The van der Waals surface area contributed by atoms with Crippen molar-refractivity contribution >= 4 is 11.8 Å². The van der Waals surface area contributed by atoms with Gasteiger partial charge in [0.05, 0.1) is 19.6 Å². The van der Waals surface area contributed by atoms with Crippen molar-refractivity contribution in [2.75, 3.05) is 13.7 Å². The number of carbonyl (C=O) groups is 2. The van der Waals surface area contributed by atoms with Gasteiger partial charge in [0, 0.05) is 24.0 Å². The predicted octanol–water partition coefficient (Wildman–Crippen LogP) is 3.94. The lowest BCUT2D eigenvalue weighted by molar-refractivity contribution is -0.139. The van der Waals surface area contributed by atoms with Crippen molar-refractivity contribution in [1.29, 1.82) is 0 Å². The number of para-hydroxylation sites is 1. The van der Waals surface area contributed by atoms with E-state index < -0.39 is 11.9 Å². The summed E-state index contributed by atoms with van der Waals surface area (Å²) in [6, 6.07) is 17.2. The highest BCUT2D eigenvalue weighted by Crippen LogP contribution is 2.48. The SMILES string of the molecule is CCOC(=O)C1=C(N)OC2=C(C(=O)C[C@H](c3ccccc3)C2)[C@@H]1c1ccccc1OC. The number of esters is 1. The molecule has 2 aromatic carbocycles. The molecule has 31 heavy (non-hydrogen) atoms. The average molecular weight is 419 g/mol. The standard InChI is InChI=1S/C25H25NO5/c1-3-30-25(28)23-21(17-11-7-8-12-19(17)29-2)22-18(27)13-16(14-20(22)31-24(23)26)15-9-5-4-6-10-15/h4-12,16,21H,3,13-14,26H2,1-2H3/t16-,21-/m0/s1. The van der Waals surface area contributed by atoms with E-state index in [0.717, 1.165) is 5.56 Å². The van der Waals surface area contributed by atoms with Gasteiger partial charge in [-0.25, -0.2) is 4.79 Å². The second-order valence-corrected chi connectivity index (χ2v) is 7.55. The molecule has 6 nitrogen and oxygen atoms in total. The highest BCUT2D eigenvalue weighted by Gasteiger charge is 2.44. The number of nitrogens with two attached hydrogens (primary N) is 1. The molecule has 0 saturated carbocycles. The van der Waals surface area contributed by atoms with Crippen LogP contribution in [0.5, 0.6) is 5.75 Å². The van der Waals surface area contributed by atoms with Gasteiger partial charge in [-0.1, -0.05) is 48.5 Å². The number of hydrogen-bond acceptors (Lipinski definition) is 6. The van der Waals surface area contributed by atoms with Crippen molar-refractivity contribution in [3.63, 3.8) is 0 Å².